The quantitative estimate of drug-likeness (QED) is 0.500. The van der Waals surface area contributed by atoms with Crippen LogP contribution < -0.4 is 20.9 Å². The minimum atomic E-state index is -0.542. The van der Waals surface area contributed by atoms with E-state index >= 15 is 0 Å². The highest BCUT2D eigenvalue weighted by molar-refractivity contribution is 6.05. The number of aromatic nitrogens is 2. The number of pyridine rings is 2. The number of nitrogens with two attached hydrogens (primary N) is 1. The van der Waals surface area contributed by atoms with Gasteiger partial charge in [0.2, 0.25) is 0 Å². The van der Waals surface area contributed by atoms with E-state index in [1.54, 1.807) is 25.6 Å². The number of carbonyl (C=O) groups excluding carboxylic acids is 1. The molecule has 2 aliphatic heterocycles. The number of piperidine rings is 2. The summed E-state index contributed by atoms with van der Waals surface area (Å²) in [4.78, 5) is 26.5. The number of benzene rings is 1. The summed E-state index contributed by atoms with van der Waals surface area (Å²) in [5.74, 6) is -0.283. The number of fused-ring (bicyclic) bond motifs is 1. The third-order valence-corrected chi connectivity index (χ3v) is 7.40. The average molecular weight is 491 g/mol. The molecule has 0 aliphatic carbocycles. The Bertz CT molecular complexity index is 1220. The number of carbonyl (C=O) groups is 1. The molecule has 1 aromatic carbocycles. The Morgan fingerprint density at radius 3 is 2.67 bits per heavy atom. The third kappa shape index (κ3) is 5.00. The van der Waals surface area contributed by atoms with Crippen LogP contribution in [0, 0.1) is 5.92 Å². The van der Waals surface area contributed by atoms with Gasteiger partial charge in [-0.3, -0.25) is 9.78 Å². The molecule has 9 heteroatoms. The maximum atomic E-state index is 13.2. The molecular formula is C27H34N6O3. The fourth-order valence-corrected chi connectivity index (χ4v) is 5.24. The number of ether oxygens (including phenoxy) is 1. The number of nitrogens with one attached hydrogen (secondary N) is 1. The second kappa shape index (κ2) is 10.4. The lowest BCUT2D eigenvalue weighted by Crippen LogP contribution is -2.55. The summed E-state index contributed by atoms with van der Waals surface area (Å²) in [6.45, 7) is 4.98. The summed E-state index contributed by atoms with van der Waals surface area (Å²) in [5.41, 5.74) is 9.81. The number of rotatable bonds is 5. The maximum Gasteiger partial charge on any atom is 0.274 e. The molecule has 4 N–H and O–H groups in total. The van der Waals surface area contributed by atoms with E-state index in [9.17, 15) is 9.90 Å². The predicted octanol–water partition coefficient (Wildman–Crippen LogP) is 2.64. The zero-order valence-electron chi connectivity index (χ0n) is 20.8. The second-order valence-corrected chi connectivity index (χ2v) is 9.88. The molecule has 4 heterocycles. The fourth-order valence-electron chi connectivity index (χ4n) is 5.24. The summed E-state index contributed by atoms with van der Waals surface area (Å²) in [5, 5.41) is 14.2. The third-order valence-electron chi connectivity index (χ3n) is 7.40. The van der Waals surface area contributed by atoms with Crippen LogP contribution in [0.4, 0.5) is 17.1 Å². The van der Waals surface area contributed by atoms with E-state index in [1.807, 2.05) is 19.1 Å². The maximum absolute atomic E-state index is 13.2. The van der Waals surface area contributed by atoms with Crippen molar-refractivity contribution in [2.45, 2.75) is 38.0 Å². The first kappa shape index (κ1) is 24.4. The molecule has 3 unspecified atom stereocenters. The van der Waals surface area contributed by atoms with Gasteiger partial charge in [-0.25, -0.2) is 4.98 Å². The van der Waals surface area contributed by atoms with Gasteiger partial charge in [-0.2, -0.15) is 0 Å². The lowest BCUT2D eigenvalue weighted by molar-refractivity contribution is 0.0785. The van der Waals surface area contributed by atoms with Crippen molar-refractivity contribution >= 4 is 33.9 Å². The lowest BCUT2D eigenvalue weighted by atomic mass is 9.92. The van der Waals surface area contributed by atoms with Crippen LogP contribution in [0.1, 0.15) is 30.3 Å². The van der Waals surface area contributed by atoms with Crippen molar-refractivity contribution in [1.82, 2.24) is 9.97 Å². The Kier molecular flexibility index (Phi) is 7.04. The first-order chi connectivity index (χ1) is 17.4. The van der Waals surface area contributed by atoms with Crippen molar-refractivity contribution in [1.29, 1.82) is 0 Å². The van der Waals surface area contributed by atoms with Gasteiger partial charge in [0, 0.05) is 62.5 Å². The van der Waals surface area contributed by atoms with Crippen LogP contribution in [0.2, 0.25) is 0 Å². The van der Waals surface area contributed by atoms with Gasteiger partial charge in [0.15, 0.2) is 0 Å². The Morgan fingerprint density at radius 1 is 1.14 bits per heavy atom. The molecule has 3 atom stereocenters. The first-order valence-corrected chi connectivity index (χ1v) is 12.6. The number of amides is 1. The molecule has 2 aliphatic rings. The van der Waals surface area contributed by atoms with E-state index in [0.717, 1.165) is 48.2 Å². The van der Waals surface area contributed by atoms with Gasteiger partial charge in [0.1, 0.15) is 5.69 Å². The molecule has 0 saturated carbocycles. The molecule has 2 aromatic heterocycles. The number of methoxy groups -OCH3 is 1. The Balaban J connectivity index is 1.35. The zero-order valence-corrected chi connectivity index (χ0v) is 20.8. The van der Waals surface area contributed by atoms with E-state index in [2.05, 4.69) is 43.3 Å². The molecule has 2 saturated heterocycles. The molecule has 0 bridgehead atoms. The van der Waals surface area contributed by atoms with Gasteiger partial charge in [-0.15, -0.1) is 0 Å². The largest absolute Gasteiger partial charge is 0.391 e. The molecular weight excluding hydrogens is 456 g/mol. The van der Waals surface area contributed by atoms with Crippen molar-refractivity contribution in [2.75, 3.05) is 48.4 Å². The van der Waals surface area contributed by atoms with Crippen molar-refractivity contribution in [3.8, 4) is 0 Å². The van der Waals surface area contributed by atoms with Gasteiger partial charge >= 0.3 is 0 Å². The average Bonchev–Trinajstić information content (AvgIpc) is 2.91. The predicted molar refractivity (Wildman–Crippen MR) is 142 cm³/mol. The highest BCUT2D eigenvalue weighted by Crippen LogP contribution is 2.30. The Hall–Kier alpha value is -3.27. The number of nitrogens with zero attached hydrogens (tertiary/aromatic N) is 4. The zero-order chi connectivity index (χ0) is 25.2. The van der Waals surface area contributed by atoms with Crippen LogP contribution in [0.25, 0.3) is 10.9 Å². The monoisotopic (exact) mass is 490 g/mol. The minimum Gasteiger partial charge on any atom is -0.391 e. The molecule has 3 aromatic rings. The first-order valence-electron chi connectivity index (χ1n) is 12.6. The normalized spacial score (nSPS) is 23.2. The number of hydrogen-bond acceptors (Lipinski definition) is 8. The van der Waals surface area contributed by atoms with Crippen LogP contribution in [-0.2, 0) is 4.74 Å². The van der Waals surface area contributed by atoms with E-state index in [-0.39, 0.29) is 17.9 Å². The van der Waals surface area contributed by atoms with Gasteiger partial charge in [0.25, 0.3) is 5.91 Å². The number of anilines is 3. The van der Waals surface area contributed by atoms with E-state index in [4.69, 9.17) is 10.5 Å². The van der Waals surface area contributed by atoms with Crippen molar-refractivity contribution in [3.63, 3.8) is 0 Å². The Morgan fingerprint density at radius 2 is 1.92 bits per heavy atom. The number of aliphatic hydroxyl groups excluding tert-OH is 1. The van der Waals surface area contributed by atoms with Gasteiger partial charge in [-0.1, -0.05) is 19.1 Å². The van der Waals surface area contributed by atoms with Crippen molar-refractivity contribution in [3.05, 3.63) is 54.5 Å². The summed E-state index contributed by atoms with van der Waals surface area (Å²) >= 11 is 0. The summed E-state index contributed by atoms with van der Waals surface area (Å²) in [6.07, 6.45) is 5.10. The van der Waals surface area contributed by atoms with E-state index in [0.29, 0.717) is 30.6 Å². The standard InChI is InChI=1S/C27H34N6O3/c1-17-15-33(16-21(28)26(17)34)25-7-10-29-14-24(25)31-27(35)22-6-4-18-3-5-19(13-23(18)30-22)32-11-8-20(36-2)9-12-32/h3-7,10,13-14,17,20-21,26,34H,8-9,11-12,15-16,28H2,1-2H3,(H,31,35). The van der Waals surface area contributed by atoms with Crippen LogP contribution in [0.15, 0.2) is 48.8 Å². The fraction of sp³-hybridized carbons (Fsp3) is 0.444. The van der Waals surface area contributed by atoms with Crippen LogP contribution in [0.3, 0.4) is 0 Å². The summed E-state index contributed by atoms with van der Waals surface area (Å²) in [7, 11) is 1.77. The molecule has 1 amide bonds. The molecule has 9 nitrogen and oxygen atoms in total. The van der Waals surface area contributed by atoms with Crippen molar-refractivity contribution in [2.24, 2.45) is 11.7 Å². The van der Waals surface area contributed by atoms with E-state index in [1.165, 1.54) is 0 Å². The lowest BCUT2D eigenvalue weighted by Gasteiger charge is -2.40. The van der Waals surface area contributed by atoms with Crippen LogP contribution in [-0.4, -0.2) is 72.5 Å². The smallest absolute Gasteiger partial charge is 0.274 e. The Labute approximate surface area is 211 Å². The number of aliphatic hydroxyl groups is 1. The van der Waals surface area contributed by atoms with Crippen molar-refractivity contribution < 1.29 is 14.6 Å². The second-order valence-electron chi connectivity index (χ2n) is 9.88. The molecule has 190 valence electrons. The van der Waals surface area contributed by atoms with Crippen LogP contribution >= 0.6 is 0 Å². The SMILES string of the molecule is COC1CCN(c2ccc3ccc(C(=O)Nc4cnccc4N4CC(C)C(O)C(N)C4)nc3c2)CC1. The molecule has 2 fully saturated rings. The minimum absolute atomic E-state index is 0.0158. The molecule has 36 heavy (non-hydrogen) atoms. The molecule has 0 radical (unpaired) electrons. The summed E-state index contributed by atoms with van der Waals surface area (Å²) < 4.78 is 5.49. The highest BCUT2D eigenvalue weighted by atomic mass is 16.5. The van der Waals surface area contributed by atoms with Crippen LogP contribution in [0.5, 0.6) is 0 Å². The molecule has 0 spiro atoms. The topological polar surface area (TPSA) is 117 Å². The molecule has 5 rings (SSSR count). The van der Waals surface area contributed by atoms with Gasteiger partial charge < -0.3 is 30.7 Å². The van der Waals surface area contributed by atoms with E-state index < -0.39 is 6.10 Å². The van der Waals surface area contributed by atoms with Gasteiger partial charge in [0.05, 0.1) is 35.3 Å². The summed E-state index contributed by atoms with van der Waals surface area (Å²) in [6, 6.07) is 11.4. The van der Waals surface area contributed by atoms with Gasteiger partial charge in [-0.05, 0) is 37.1 Å². The highest BCUT2D eigenvalue weighted by Gasteiger charge is 2.32. The number of hydrogen-bond donors (Lipinski definition) is 3.